The van der Waals surface area contributed by atoms with Crippen LogP contribution in [0.1, 0.15) is 40.5 Å². The first-order valence-corrected chi connectivity index (χ1v) is 9.81. The van der Waals surface area contributed by atoms with Gasteiger partial charge in [0, 0.05) is 17.5 Å². The molecule has 1 aromatic heterocycles. The van der Waals surface area contributed by atoms with Gasteiger partial charge in [-0.3, -0.25) is 4.79 Å². The van der Waals surface area contributed by atoms with Gasteiger partial charge in [-0.05, 0) is 48.7 Å². The van der Waals surface area contributed by atoms with Gasteiger partial charge in [0.25, 0.3) is 5.91 Å². The zero-order chi connectivity index (χ0) is 20.2. The highest BCUT2D eigenvalue weighted by Gasteiger charge is 2.29. The van der Waals surface area contributed by atoms with Crippen molar-refractivity contribution in [3.63, 3.8) is 0 Å². The van der Waals surface area contributed by atoms with E-state index in [0.717, 1.165) is 29.8 Å². The molecule has 148 valence electrons. The molecular formula is C22H20ClN3O3. The number of nitrogens with zero attached hydrogens (tertiary/aromatic N) is 2. The van der Waals surface area contributed by atoms with Crippen LogP contribution < -0.4 is 5.32 Å². The molecule has 1 aliphatic carbocycles. The molecule has 1 heterocycles. The summed E-state index contributed by atoms with van der Waals surface area (Å²) in [4.78, 5) is 24.7. The van der Waals surface area contributed by atoms with Crippen molar-refractivity contribution in [1.29, 1.82) is 0 Å². The molecule has 0 unspecified atom stereocenters. The fourth-order valence-corrected chi connectivity index (χ4v) is 3.21. The number of para-hydroxylation sites is 1. The molecule has 0 radical (unpaired) electrons. The average Bonchev–Trinajstić information content (AvgIpc) is 3.49. The van der Waals surface area contributed by atoms with Gasteiger partial charge in [0.2, 0.25) is 0 Å². The summed E-state index contributed by atoms with van der Waals surface area (Å²) in [5, 5.41) is 7.89. The fourth-order valence-electron chi connectivity index (χ4n) is 2.99. The van der Waals surface area contributed by atoms with E-state index < -0.39 is 5.97 Å². The average molecular weight is 410 g/mol. The Morgan fingerprint density at radius 1 is 1.10 bits per heavy atom. The van der Waals surface area contributed by atoms with Crippen LogP contribution in [0.15, 0.2) is 60.7 Å². The molecule has 0 spiro atoms. The van der Waals surface area contributed by atoms with Crippen LogP contribution in [0.2, 0.25) is 5.02 Å². The molecule has 1 amide bonds. The van der Waals surface area contributed by atoms with Gasteiger partial charge in [0.1, 0.15) is 0 Å². The second kappa shape index (κ2) is 8.49. The van der Waals surface area contributed by atoms with Gasteiger partial charge in [-0.2, -0.15) is 5.10 Å². The molecule has 29 heavy (non-hydrogen) atoms. The van der Waals surface area contributed by atoms with E-state index in [1.54, 1.807) is 22.9 Å². The Morgan fingerprint density at radius 3 is 2.62 bits per heavy atom. The number of carbonyl (C=O) groups excluding carboxylic acids is 2. The summed E-state index contributed by atoms with van der Waals surface area (Å²) >= 11 is 5.93. The van der Waals surface area contributed by atoms with Crippen LogP contribution in [-0.2, 0) is 16.1 Å². The molecule has 1 N–H and O–H groups in total. The number of nitrogens with one attached hydrogen (secondary N) is 1. The standard InChI is InChI=1S/C22H20ClN3O3/c23-17-6-4-5-15(11-17)13-24-21(27)14-29-22(28)20-12-19(16-9-10-16)25-26(20)18-7-2-1-3-8-18/h1-8,11-12,16H,9-10,13-14H2,(H,24,27). The number of amides is 1. The van der Waals surface area contributed by atoms with Gasteiger partial charge < -0.3 is 10.1 Å². The van der Waals surface area contributed by atoms with Gasteiger partial charge in [-0.25, -0.2) is 9.48 Å². The first kappa shape index (κ1) is 19.2. The number of aromatic nitrogens is 2. The van der Waals surface area contributed by atoms with Gasteiger partial charge in [0.15, 0.2) is 12.3 Å². The first-order valence-electron chi connectivity index (χ1n) is 9.44. The van der Waals surface area contributed by atoms with E-state index in [0.29, 0.717) is 23.2 Å². The van der Waals surface area contributed by atoms with Crippen LogP contribution in [0.25, 0.3) is 5.69 Å². The molecule has 4 rings (SSSR count). The normalized spacial score (nSPS) is 13.1. The predicted molar refractivity (Wildman–Crippen MR) is 109 cm³/mol. The molecule has 7 heteroatoms. The summed E-state index contributed by atoms with van der Waals surface area (Å²) in [6.07, 6.45) is 2.15. The topological polar surface area (TPSA) is 73.2 Å². The van der Waals surface area contributed by atoms with Gasteiger partial charge in [0.05, 0.1) is 11.4 Å². The third-order valence-electron chi connectivity index (χ3n) is 4.65. The lowest BCUT2D eigenvalue weighted by Crippen LogP contribution is -2.28. The van der Waals surface area contributed by atoms with Crippen molar-refractivity contribution >= 4 is 23.5 Å². The largest absolute Gasteiger partial charge is 0.451 e. The Morgan fingerprint density at radius 2 is 1.90 bits per heavy atom. The van der Waals surface area contributed by atoms with Crippen molar-refractivity contribution in [2.45, 2.75) is 25.3 Å². The van der Waals surface area contributed by atoms with E-state index in [1.165, 1.54) is 0 Å². The maximum atomic E-state index is 12.6. The minimum absolute atomic E-state index is 0.310. The lowest BCUT2D eigenvalue weighted by molar-refractivity contribution is -0.124. The van der Waals surface area contributed by atoms with E-state index in [1.807, 2.05) is 42.5 Å². The summed E-state index contributed by atoms with van der Waals surface area (Å²) in [6.45, 7) is -0.0527. The highest BCUT2D eigenvalue weighted by atomic mass is 35.5. The Balaban J connectivity index is 1.40. The number of ether oxygens (including phenoxy) is 1. The molecule has 6 nitrogen and oxygen atoms in total. The number of hydrogen-bond acceptors (Lipinski definition) is 4. The second-order valence-corrected chi connectivity index (χ2v) is 7.40. The molecular weight excluding hydrogens is 390 g/mol. The van der Waals surface area contributed by atoms with Crippen molar-refractivity contribution in [2.75, 3.05) is 6.61 Å². The smallest absolute Gasteiger partial charge is 0.357 e. The lowest BCUT2D eigenvalue weighted by atomic mass is 10.2. The van der Waals surface area contributed by atoms with E-state index >= 15 is 0 Å². The number of esters is 1. The molecule has 3 aromatic rings. The van der Waals surface area contributed by atoms with E-state index in [-0.39, 0.29) is 12.5 Å². The number of hydrogen-bond donors (Lipinski definition) is 1. The lowest BCUT2D eigenvalue weighted by Gasteiger charge is -2.09. The van der Waals surface area contributed by atoms with Crippen LogP contribution in [0.5, 0.6) is 0 Å². The SMILES string of the molecule is O=C(COC(=O)c1cc(C2CC2)nn1-c1ccccc1)NCc1cccc(Cl)c1. The van der Waals surface area contributed by atoms with Crippen molar-refractivity contribution in [3.8, 4) is 5.69 Å². The highest BCUT2D eigenvalue weighted by molar-refractivity contribution is 6.30. The quantitative estimate of drug-likeness (QED) is 0.601. The summed E-state index contributed by atoms with van der Waals surface area (Å²) in [5.41, 5.74) is 2.84. The fraction of sp³-hybridized carbons (Fsp3) is 0.227. The van der Waals surface area contributed by atoms with Crippen LogP contribution in [0, 0.1) is 0 Å². The van der Waals surface area contributed by atoms with Crippen LogP contribution in [0.4, 0.5) is 0 Å². The summed E-state index contributed by atoms with van der Waals surface area (Å²) in [7, 11) is 0. The van der Waals surface area contributed by atoms with Crippen molar-refractivity contribution in [2.24, 2.45) is 0 Å². The van der Waals surface area contributed by atoms with Crippen LogP contribution in [-0.4, -0.2) is 28.3 Å². The molecule has 1 aliphatic rings. The maximum Gasteiger partial charge on any atom is 0.357 e. The molecule has 0 aliphatic heterocycles. The zero-order valence-electron chi connectivity index (χ0n) is 15.7. The Bertz CT molecular complexity index is 1030. The molecule has 2 aromatic carbocycles. The Kier molecular flexibility index (Phi) is 5.62. The summed E-state index contributed by atoms with van der Waals surface area (Å²) < 4.78 is 6.82. The highest BCUT2D eigenvalue weighted by Crippen LogP contribution is 2.39. The monoisotopic (exact) mass is 409 g/mol. The zero-order valence-corrected chi connectivity index (χ0v) is 16.4. The minimum Gasteiger partial charge on any atom is -0.451 e. The van der Waals surface area contributed by atoms with E-state index in [9.17, 15) is 9.59 Å². The van der Waals surface area contributed by atoms with Gasteiger partial charge in [-0.1, -0.05) is 41.9 Å². The summed E-state index contributed by atoms with van der Waals surface area (Å²) in [5.74, 6) is -0.565. The third kappa shape index (κ3) is 4.84. The van der Waals surface area contributed by atoms with Crippen LogP contribution >= 0.6 is 11.6 Å². The summed E-state index contributed by atoms with van der Waals surface area (Å²) in [6, 6.07) is 18.4. The molecule has 0 atom stereocenters. The molecule has 1 fully saturated rings. The number of halogens is 1. The molecule has 0 saturated heterocycles. The van der Waals surface area contributed by atoms with E-state index in [4.69, 9.17) is 16.3 Å². The second-order valence-electron chi connectivity index (χ2n) is 6.96. The molecule has 0 bridgehead atoms. The van der Waals surface area contributed by atoms with Crippen molar-refractivity contribution in [3.05, 3.63) is 82.6 Å². The first-order chi connectivity index (χ1) is 14.1. The van der Waals surface area contributed by atoms with Crippen LogP contribution in [0.3, 0.4) is 0 Å². The Labute approximate surface area is 173 Å². The van der Waals surface area contributed by atoms with Crippen molar-refractivity contribution < 1.29 is 14.3 Å². The van der Waals surface area contributed by atoms with E-state index in [2.05, 4.69) is 10.4 Å². The number of benzene rings is 2. The van der Waals surface area contributed by atoms with Crippen molar-refractivity contribution in [1.82, 2.24) is 15.1 Å². The maximum absolute atomic E-state index is 12.6. The Hall–Kier alpha value is -3.12. The third-order valence-corrected chi connectivity index (χ3v) is 4.88. The van der Waals surface area contributed by atoms with Gasteiger partial charge >= 0.3 is 5.97 Å². The predicted octanol–water partition coefficient (Wildman–Crippen LogP) is 3.88. The van der Waals surface area contributed by atoms with Gasteiger partial charge in [-0.15, -0.1) is 0 Å². The minimum atomic E-state index is -0.578. The molecule has 1 saturated carbocycles. The number of carbonyl (C=O) groups is 2. The number of rotatable bonds is 7.